The lowest BCUT2D eigenvalue weighted by Gasteiger charge is -2.03. The Morgan fingerprint density at radius 2 is 1.24 bits per heavy atom. The number of carbonyl (C=O) groups excluding carboxylic acids is 4. The molecule has 2 N–H and O–H groups in total. The normalized spacial score (nSPS) is 12.9. The number of esters is 2. The largest absolute Gasteiger partial charge is 0.504 e. The molecule has 1 aliphatic heterocycles. The number of aromatic hydroxyl groups is 2. The summed E-state index contributed by atoms with van der Waals surface area (Å²) >= 11 is 0. The summed E-state index contributed by atoms with van der Waals surface area (Å²) in [6, 6.07) is 9.34. The van der Waals surface area contributed by atoms with E-state index < -0.39 is 11.9 Å². The first-order valence-electron chi connectivity index (χ1n) is 10.1. The summed E-state index contributed by atoms with van der Waals surface area (Å²) in [6.45, 7) is 0. The van der Waals surface area contributed by atoms with Crippen molar-refractivity contribution in [3.63, 3.8) is 0 Å². The molecule has 2 aromatic rings. The maximum atomic E-state index is 11.9. The third kappa shape index (κ3) is 8.27. The van der Waals surface area contributed by atoms with Gasteiger partial charge in [-0.1, -0.05) is 24.3 Å². The van der Waals surface area contributed by atoms with Crippen LogP contribution in [0, 0.1) is 0 Å². The highest BCUT2D eigenvalue weighted by molar-refractivity contribution is 6.10. The number of rotatable bonds is 8. The van der Waals surface area contributed by atoms with Crippen LogP contribution in [-0.2, 0) is 23.9 Å². The van der Waals surface area contributed by atoms with Gasteiger partial charge in [0, 0.05) is 0 Å². The van der Waals surface area contributed by atoms with Crippen LogP contribution in [0.1, 0.15) is 30.4 Å². The molecule has 0 aromatic heterocycles. The van der Waals surface area contributed by atoms with Crippen LogP contribution in [-0.4, -0.2) is 47.9 Å². The number of allylic oxidation sites excluding steroid dienone is 2. The highest BCUT2D eigenvalue weighted by Crippen LogP contribution is 2.27. The Morgan fingerprint density at radius 3 is 1.56 bits per heavy atom. The molecule has 178 valence electrons. The first-order valence-corrected chi connectivity index (χ1v) is 10.1. The molecule has 1 fully saturated rings. The fraction of sp³-hybridized carbons (Fsp3) is 0.200. The highest BCUT2D eigenvalue weighted by Gasteiger charge is 2.19. The lowest BCUT2D eigenvalue weighted by molar-refractivity contribution is -0.152. The fourth-order valence-corrected chi connectivity index (χ4v) is 2.70. The van der Waals surface area contributed by atoms with Crippen LogP contribution >= 0.6 is 0 Å². The average molecular weight is 468 g/mol. The lowest BCUT2D eigenvalue weighted by Crippen LogP contribution is -2.01. The lowest BCUT2D eigenvalue weighted by atomic mass is 10.1. The van der Waals surface area contributed by atoms with Crippen molar-refractivity contribution in [2.24, 2.45) is 0 Å². The number of phenols is 2. The molecule has 1 heterocycles. The Hall–Kier alpha value is -4.40. The van der Waals surface area contributed by atoms with Gasteiger partial charge in [-0.3, -0.25) is 19.2 Å². The second-order valence-corrected chi connectivity index (χ2v) is 6.98. The molecule has 0 amide bonds. The zero-order valence-corrected chi connectivity index (χ0v) is 18.6. The van der Waals surface area contributed by atoms with Gasteiger partial charge in [-0.15, -0.1) is 0 Å². The van der Waals surface area contributed by atoms with E-state index >= 15 is 0 Å². The van der Waals surface area contributed by atoms with Crippen molar-refractivity contribution in [2.75, 3.05) is 14.2 Å². The van der Waals surface area contributed by atoms with Crippen LogP contribution in [0.2, 0.25) is 0 Å². The number of methoxy groups -OCH3 is 2. The van der Waals surface area contributed by atoms with Gasteiger partial charge in [0.15, 0.2) is 34.6 Å². The van der Waals surface area contributed by atoms with Gasteiger partial charge in [-0.2, -0.15) is 0 Å². The van der Waals surface area contributed by atoms with Crippen LogP contribution in [0.3, 0.4) is 0 Å². The first kappa shape index (κ1) is 25.9. The van der Waals surface area contributed by atoms with Gasteiger partial charge in [0.25, 0.3) is 0 Å². The van der Waals surface area contributed by atoms with Gasteiger partial charge in [0.2, 0.25) is 0 Å². The molecular formula is C25H24O9. The maximum absolute atomic E-state index is 11.9. The number of cyclic esters (lactones) is 2. The number of carbonyl (C=O) groups is 4. The van der Waals surface area contributed by atoms with E-state index in [0.29, 0.717) is 22.6 Å². The summed E-state index contributed by atoms with van der Waals surface area (Å²) in [4.78, 5) is 43.9. The van der Waals surface area contributed by atoms with Crippen molar-refractivity contribution in [3.8, 4) is 23.0 Å². The van der Waals surface area contributed by atoms with E-state index in [1.165, 1.54) is 38.5 Å². The number of benzene rings is 2. The molecule has 34 heavy (non-hydrogen) atoms. The number of ketones is 2. The number of hydrogen-bond donors (Lipinski definition) is 2. The van der Waals surface area contributed by atoms with E-state index in [0.717, 1.165) is 0 Å². The van der Waals surface area contributed by atoms with Crippen LogP contribution in [0.25, 0.3) is 12.2 Å². The molecule has 0 aliphatic carbocycles. The molecule has 9 nitrogen and oxygen atoms in total. The molecule has 9 heteroatoms. The quantitative estimate of drug-likeness (QED) is 0.340. The molecule has 2 aromatic carbocycles. The van der Waals surface area contributed by atoms with Crippen LogP contribution < -0.4 is 9.47 Å². The molecule has 0 unspecified atom stereocenters. The van der Waals surface area contributed by atoms with Gasteiger partial charge in [0.05, 0.1) is 33.5 Å². The molecule has 0 bridgehead atoms. The van der Waals surface area contributed by atoms with E-state index in [2.05, 4.69) is 4.74 Å². The summed E-state index contributed by atoms with van der Waals surface area (Å²) < 4.78 is 14.1. The molecule has 0 radical (unpaired) electrons. The van der Waals surface area contributed by atoms with E-state index in [4.69, 9.17) is 9.47 Å². The Bertz CT molecular complexity index is 1040. The van der Waals surface area contributed by atoms with Crippen LogP contribution in [0.5, 0.6) is 23.0 Å². The summed E-state index contributed by atoms with van der Waals surface area (Å²) in [5.74, 6) is -0.880. The van der Waals surface area contributed by atoms with Gasteiger partial charge in [0.1, 0.15) is 0 Å². The highest BCUT2D eigenvalue weighted by atomic mass is 16.6. The summed E-state index contributed by atoms with van der Waals surface area (Å²) in [5.41, 5.74) is 1.33. The number of phenolic OH excluding ortho intramolecular Hbond substituents is 2. The Balaban J connectivity index is 0.000000497. The maximum Gasteiger partial charge on any atom is 0.314 e. The molecule has 1 aliphatic rings. The van der Waals surface area contributed by atoms with Crippen molar-refractivity contribution >= 4 is 35.7 Å². The van der Waals surface area contributed by atoms with Crippen molar-refractivity contribution < 1.29 is 43.6 Å². The summed E-state index contributed by atoms with van der Waals surface area (Å²) in [7, 11) is 2.87. The summed E-state index contributed by atoms with van der Waals surface area (Å²) in [6.07, 6.45) is 5.97. The second kappa shape index (κ2) is 12.6. The monoisotopic (exact) mass is 468 g/mol. The predicted molar refractivity (Wildman–Crippen MR) is 122 cm³/mol. The van der Waals surface area contributed by atoms with Crippen molar-refractivity contribution in [1.82, 2.24) is 0 Å². The third-order valence-corrected chi connectivity index (χ3v) is 4.44. The SMILES string of the molecule is COc1cc(/C=C/C(=O)CC(=O)/C=C/c2ccc(O)c(OC)c2)ccc1O.O=C1CCC(=O)O1. The summed E-state index contributed by atoms with van der Waals surface area (Å²) in [5, 5.41) is 19.1. The van der Waals surface area contributed by atoms with Gasteiger partial charge < -0.3 is 24.4 Å². The number of ether oxygens (including phenoxy) is 3. The van der Waals surface area contributed by atoms with E-state index in [1.807, 2.05) is 0 Å². The minimum absolute atomic E-state index is 0.00662. The number of hydrogen-bond acceptors (Lipinski definition) is 9. The minimum Gasteiger partial charge on any atom is -0.504 e. The van der Waals surface area contributed by atoms with Crippen molar-refractivity contribution in [1.29, 1.82) is 0 Å². The van der Waals surface area contributed by atoms with Gasteiger partial charge >= 0.3 is 11.9 Å². The zero-order chi connectivity index (χ0) is 25.1. The van der Waals surface area contributed by atoms with E-state index in [1.54, 1.807) is 36.4 Å². The fourth-order valence-electron chi connectivity index (χ4n) is 2.70. The molecule has 0 atom stereocenters. The third-order valence-electron chi connectivity index (χ3n) is 4.44. The average Bonchev–Trinajstić information content (AvgIpc) is 3.20. The van der Waals surface area contributed by atoms with Crippen LogP contribution in [0.4, 0.5) is 0 Å². The van der Waals surface area contributed by atoms with Crippen LogP contribution in [0.15, 0.2) is 48.6 Å². The molecule has 0 saturated carbocycles. The van der Waals surface area contributed by atoms with Crippen molar-refractivity contribution in [3.05, 3.63) is 59.7 Å². The smallest absolute Gasteiger partial charge is 0.314 e. The molecule has 1 saturated heterocycles. The first-order chi connectivity index (χ1) is 16.2. The van der Waals surface area contributed by atoms with E-state index in [9.17, 15) is 29.4 Å². The standard InChI is InChI=1S/C21H20O6.C4H4O3/c1-26-20-11-14(5-9-18(20)24)3-7-16(22)13-17(23)8-4-15-6-10-19(25)21(12-15)27-2;5-3-1-2-4(6)7-3/h3-12,24-25H,13H2,1-2H3;1-2H2/b7-3+,8-4+;. The van der Waals surface area contributed by atoms with Crippen molar-refractivity contribution in [2.45, 2.75) is 19.3 Å². The van der Waals surface area contributed by atoms with E-state index in [-0.39, 0.29) is 42.3 Å². The Kier molecular flexibility index (Phi) is 9.57. The van der Waals surface area contributed by atoms with Gasteiger partial charge in [-0.25, -0.2) is 0 Å². The molecule has 0 spiro atoms. The Morgan fingerprint density at radius 1 is 0.824 bits per heavy atom. The van der Waals surface area contributed by atoms with Gasteiger partial charge in [-0.05, 0) is 47.5 Å². The molecule has 3 rings (SSSR count). The predicted octanol–water partition coefficient (Wildman–Crippen LogP) is 3.22. The second-order valence-electron chi connectivity index (χ2n) is 6.98. The topological polar surface area (TPSA) is 136 Å². The minimum atomic E-state index is -0.398. The zero-order valence-electron chi connectivity index (χ0n) is 18.6. The molecular weight excluding hydrogens is 444 g/mol. The Labute approximate surface area is 195 Å².